The van der Waals surface area contributed by atoms with E-state index in [9.17, 15) is 0 Å². The number of unbranched alkanes of at least 4 members (excludes halogenated alkanes) is 4. The molecule has 0 spiro atoms. The number of thiophene rings is 4. The summed E-state index contributed by atoms with van der Waals surface area (Å²) >= 11 is 1.95. The van der Waals surface area contributed by atoms with Gasteiger partial charge < -0.3 is 0 Å². The molecule has 0 aliphatic rings. The van der Waals surface area contributed by atoms with Gasteiger partial charge in [0, 0.05) is 0 Å². The summed E-state index contributed by atoms with van der Waals surface area (Å²) in [6, 6.07) is 10.4. The van der Waals surface area contributed by atoms with Crippen LogP contribution in [-0.4, -0.2) is 63.2 Å². The molecular formula is C70H114O4S4Sn2. The molecule has 4 atom stereocenters. The molecular weight excluding hydrogens is 1270 g/mol. The van der Waals surface area contributed by atoms with Crippen LogP contribution in [0.15, 0.2) is 24.3 Å². The van der Waals surface area contributed by atoms with E-state index in [-0.39, 0.29) is 0 Å². The Bertz CT molecular complexity index is 2440. The average Bonchev–Trinajstić information content (AvgIpc) is 4.30. The Morgan fingerprint density at radius 1 is 0.325 bits per heavy atom. The molecule has 0 N–H and O–H groups in total. The summed E-state index contributed by atoms with van der Waals surface area (Å²) in [6.07, 6.45) is 19.2. The molecule has 6 rings (SSSR count). The summed E-state index contributed by atoms with van der Waals surface area (Å²) in [7, 11) is 0. The van der Waals surface area contributed by atoms with Crippen molar-refractivity contribution >= 4 is 128 Å². The average molecular weight is 1390 g/mol. The van der Waals surface area contributed by atoms with Gasteiger partial charge in [0.15, 0.2) is 0 Å². The fourth-order valence-electron chi connectivity index (χ4n) is 14.7. The van der Waals surface area contributed by atoms with Crippen LogP contribution < -0.4 is 24.7 Å². The quantitative estimate of drug-likeness (QED) is 0.0364. The van der Waals surface area contributed by atoms with Gasteiger partial charge >= 0.3 is 519 Å². The molecule has 0 amide bonds. The Morgan fingerprint density at radius 2 is 0.550 bits per heavy atom. The molecule has 0 aliphatic carbocycles. The normalized spacial score (nSPS) is 14.5. The zero-order chi connectivity index (χ0) is 58.6. The number of hydrogen-bond acceptors (Lipinski definition) is 8. The molecule has 10 heteroatoms. The Hall–Kier alpha value is -0.923. The van der Waals surface area contributed by atoms with Gasteiger partial charge in [-0.05, 0) is 0 Å². The van der Waals surface area contributed by atoms with Crippen LogP contribution in [-0.2, 0) is 0 Å². The maximum absolute atomic E-state index is 7.46. The van der Waals surface area contributed by atoms with Crippen molar-refractivity contribution in [3.05, 3.63) is 24.3 Å². The second kappa shape index (κ2) is 31.6. The topological polar surface area (TPSA) is 36.9 Å². The SMILES string of the molecule is CCCCC(CC)COc1c2c[c]([Sn]([CH](C)C)([CH](C)C)[CH](C)C)sc2c(OCC(CC)CCCC)c2cc(-c3cc4c(OCC(CC)CCCC)c5s[c]([Sn]([CH](C)C)([CH](C)C)[CH](C)C)cc5c(OCC(CC)CCCC)c4s3)sc12. The Labute approximate surface area is 514 Å². The minimum absolute atomic E-state index is 0.519. The molecule has 0 fully saturated rings. The second-order valence-corrected chi connectivity index (χ2v) is 66.2. The number of rotatable bonds is 37. The first-order chi connectivity index (χ1) is 38.3. The molecule has 4 heterocycles. The fraction of sp³-hybridized carbons (Fsp3) is 0.714. The van der Waals surface area contributed by atoms with Gasteiger partial charge in [-0.1, -0.05) is 0 Å². The van der Waals surface area contributed by atoms with Crippen molar-refractivity contribution in [1.82, 2.24) is 0 Å². The van der Waals surface area contributed by atoms with Crippen LogP contribution in [0, 0.1) is 23.7 Å². The van der Waals surface area contributed by atoms with Crippen molar-refractivity contribution < 1.29 is 18.9 Å². The third-order valence-corrected chi connectivity index (χ3v) is 68.9. The zero-order valence-electron chi connectivity index (χ0n) is 54.5. The molecule has 0 radical (unpaired) electrons. The summed E-state index contributed by atoms with van der Waals surface area (Å²) in [5, 5.41) is 5.04. The summed E-state index contributed by atoms with van der Waals surface area (Å²) < 4.78 is 42.4. The summed E-state index contributed by atoms with van der Waals surface area (Å²) in [5.74, 6) is 6.46. The van der Waals surface area contributed by atoms with Gasteiger partial charge in [0.25, 0.3) is 0 Å². The number of ether oxygens (including phenoxy) is 4. The molecule has 2 aromatic carbocycles. The Kier molecular flexibility index (Phi) is 27.0. The molecule has 0 saturated heterocycles. The molecule has 4 unspecified atom stereocenters. The minimum atomic E-state index is -3.06. The van der Waals surface area contributed by atoms with E-state index in [1.807, 2.05) is 22.7 Å². The molecule has 0 aliphatic heterocycles. The van der Waals surface area contributed by atoms with Crippen molar-refractivity contribution in [2.75, 3.05) is 26.4 Å². The number of hydrogen-bond donors (Lipinski definition) is 0. The van der Waals surface area contributed by atoms with Crippen molar-refractivity contribution in [2.24, 2.45) is 23.7 Å². The summed E-state index contributed by atoms with van der Waals surface area (Å²) in [4.78, 5) is 2.56. The van der Waals surface area contributed by atoms with E-state index < -0.39 is 36.8 Å². The van der Waals surface area contributed by atoms with E-state index in [4.69, 9.17) is 18.9 Å². The van der Waals surface area contributed by atoms with E-state index >= 15 is 0 Å². The van der Waals surface area contributed by atoms with Crippen LogP contribution in [0.1, 0.15) is 241 Å². The third-order valence-electron chi connectivity index (χ3n) is 19.6. The Balaban J connectivity index is 1.72. The third kappa shape index (κ3) is 14.6. The van der Waals surface area contributed by atoms with Gasteiger partial charge in [0.05, 0.1) is 0 Å². The molecule has 4 nitrogen and oxygen atoms in total. The molecule has 4 aromatic heterocycles. The summed E-state index contributed by atoms with van der Waals surface area (Å²) in [5.41, 5.74) is 0. The zero-order valence-corrected chi connectivity index (χ0v) is 63.5. The molecule has 80 heavy (non-hydrogen) atoms. The standard InChI is InChI=1S/C52H72O4S4.6C3H7.2Sn/c1-9-17-21-35(13-5)31-53-45-39-25-27-57-49(39)47(55-33-37(15-7)23-19-11-3)41-29-43(59-51(41)45)44-30-42-48(56-34-38(16-8)24-20-12-4)50-40(26-28-58-50)46(52(42)60-44)54-32-36(14-6)22-18-10-2;6*1-3-2;;/h25-26,29-30,35-38H,9-24,31-34H2,1-8H3;6*3H,1-2H3;;. The molecule has 0 bridgehead atoms. The van der Waals surface area contributed by atoms with E-state index in [0.29, 0.717) is 47.3 Å². The van der Waals surface area contributed by atoms with Crippen molar-refractivity contribution in [2.45, 2.75) is 265 Å². The first kappa shape index (κ1) is 68.2. The first-order valence-corrected chi connectivity index (χ1v) is 48.9. The number of benzene rings is 2. The molecule has 6 aromatic rings. The van der Waals surface area contributed by atoms with Gasteiger partial charge in [-0.25, -0.2) is 0 Å². The van der Waals surface area contributed by atoms with Crippen LogP contribution in [0.3, 0.4) is 0 Å². The van der Waals surface area contributed by atoms with Gasteiger partial charge in [0.2, 0.25) is 0 Å². The van der Waals surface area contributed by atoms with Crippen molar-refractivity contribution in [3.63, 3.8) is 0 Å². The molecule has 450 valence electrons. The van der Waals surface area contributed by atoms with Gasteiger partial charge in [-0.15, -0.1) is 0 Å². The van der Waals surface area contributed by atoms with Crippen LogP contribution in [0.4, 0.5) is 0 Å². The fourth-order valence-corrected chi connectivity index (χ4v) is 68.4. The van der Waals surface area contributed by atoms with E-state index in [1.54, 1.807) is 5.79 Å². The predicted molar refractivity (Wildman–Crippen MR) is 370 cm³/mol. The number of fused-ring (bicyclic) bond motifs is 4. The van der Waals surface area contributed by atoms with Crippen molar-refractivity contribution in [3.8, 4) is 32.8 Å². The van der Waals surface area contributed by atoms with Crippen LogP contribution in [0.2, 0.25) is 23.6 Å². The van der Waals surface area contributed by atoms with Gasteiger partial charge in [0.1, 0.15) is 0 Å². The van der Waals surface area contributed by atoms with Crippen LogP contribution in [0.5, 0.6) is 23.0 Å². The van der Waals surface area contributed by atoms with E-state index in [1.165, 1.54) is 127 Å². The van der Waals surface area contributed by atoms with Crippen molar-refractivity contribution in [1.29, 1.82) is 0 Å². The maximum atomic E-state index is 7.46. The predicted octanol–water partition coefficient (Wildman–Crippen LogP) is 24.4. The summed E-state index contributed by atoms with van der Waals surface area (Å²) in [6.45, 7) is 52.2. The van der Waals surface area contributed by atoms with Gasteiger partial charge in [-0.3, -0.25) is 0 Å². The van der Waals surface area contributed by atoms with Crippen LogP contribution >= 0.6 is 45.3 Å². The van der Waals surface area contributed by atoms with Gasteiger partial charge in [-0.2, -0.15) is 0 Å². The Morgan fingerprint density at radius 3 is 0.762 bits per heavy atom. The van der Waals surface area contributed by atoms with Crippen LogP contribution in [0.25, 0.3) is 50.1 Å². The van der Waals surface area contributed by atoms with E-state index in [0.717, 1.165) is 75.1 Å². The second-order valence-electron chi connectivity index (χ2n) is 26.4. The molecule has 0 saturated carbocycles. The first-order valence-electron chi connectivity index (χ1n) is 32.9. The monoisotopic (exact) mass is 1390 g/mol. The van der Waals surface area contributed by atoms with E-state index in [2.05, 4.69) is 185 Å².